The zero-order chi connectivity index (χ0) is 24.1. The number of hydrogen-bond donors (Lipinski definition) is 1. The van der Waals surface area contributed by atoms with Gasteiger partial charge in [0.15, 0.2) is 0 Å². The number of aryl methyl sites for hydroxylation is 1. The van der Waals surface area contributed by atoms with E-state index in [1.807, 2.05) is 47.4 Å². The Morgan fingerprint density at radius 3 is 2.24 bits per heavy atom. The van der Waals surface area contributed by atoms with Crippen LogP contribution in [0.25, 0.3) is 0 Å². The van der Waals surface area contributed by atoms with Crippen LogP contribution in [0.5, 0.6) is 0 Å². The summed E-state index contributed by atoms with van der Waals surface area (Å²) in [6.07, 6.45) is 0.946. The zero-order valence-corrected chi connectivity index (χ0v) is 18.9. The van der Waals surface area contributed by atoms with E-state index in [2.05, 4.69) is 17.1 Å². The smallest absolute Gasteiger partial charge is 0.258 e. The summed E-state index contributed by atoms with van der Waals surface area (Å²) in [7, 11) is 0. The summed E-state index contributed by atoms with van der Waals surface area (Å²) in [6.45, 7) is 4.77. The molecule has 0 saturated carbocycles. The number of hydrogen-bond acceptors (Lipinski definition) is 4. The van der Waals surface area contributed by atoms with Crippen LogP contribution < -0.4 is 10.2 Å². The lowest BCUT2D eigenvalue weighted by molar-refractivity contribution is 0.0746. The van der Waals surface area contributed by atoms with Gasteiger partial charge < -0.3 is 15.1 Å². The van der Waals surface area contributed by atoms with Crippen molar-refractivity contribution in [3.63, 3.8) is 0 Å². The van der Waals surface area contributed by atoms with Crippen LogP contribution in [0.3, 0.4) is 0 Å². The molecular weight excluding hydrogens is 431 g/mol. The minimum Gasteiger partial charge on any atom is -0.368 e. The molecule has 0 bridgehead atoms. The monoisotopic (exact) mass is 456 g/mol. The van der Waals surface area contributed by atoms with Crippen molar-refractivity contribution >= 4 is 23.2 Å². The maximum atomic E-state index is 14.1. The van der Waals surface area contributed by atoms with E-state index in [-0.39, 0.29) is 17.0 Å². The normalized spacial score (nSPS) is 13.3. The molecule has 3 aromatic carbocycles. The number of anilines is 2. The van der Waals surface area contributed by atoms with Crippen LogP contribution in [-0.2, 0) is 6.42 Å². The highest BCUT2D eigenvalue weighted by atomic mass is 19.1. The number of nitriles is 1. The van der Waals surface area contributed by atoms with Crippen molar-refractivity contribution in [3.8, 4) is 6.07 Å². The Bertz CT molecular complexity index is 1220. The van der Waals surface area contributed by atoms with E-state index in [1.54, 1.807) is 12.1 Å². The fourth-order valence-electron chi connectivity index (χ4n) is 3.96. The molecule has 4 rings (SSSR count). The summed E-state index contributed by atoms with van der Waals surface area (Å²) in [5, 5.41) is 11.5. The van der Waals surface area contributed by atoms with Gasteiger partial charge in [-0.25, -0.2) is 4.39 Å². The van der Waals surface area contributed by atoms with Gasteiger partial charge in [0.2, 0.25) is 0 Å². The van der Waals surface area contributed by atoms with Crippen LogP contribution in [0.15, 0.2) is 66.7 Å². The van der Waals surface area contributed by atoms with E-state index in [0.717, 1.165) is 18.2 Å². The third-order valence-corrected chi connectivity index (χ3v) is 6.01. The minimum absolute atomic E-state index is 0.0513. The van der Waals surface area contributed by atoms with Crippen molar-refractivity contribution < 1.29 is 14.0 Å². The molecule has 3 aromatic rings. The van der Waals surface area contributed by atoms with Gasteiger partial charge in [-0.1, -0.05) is 19.1 Å². The quantitative estimate of drug-likeness (QED) is 0.614. The summed E-state index contributed by atoms with van der Waals surface area (Å²) in [5.74, 6) is -1.26. The average Bonchev–Trinajstić information content (AvgIpc) is 2.88. The Morgan fingerprint density at radius 1 is 0.971 bits per heavy atom. The lowest BCUT2D eigenvalue weighted by Crippen LogP contribution is -2.48. The molecule has 0 unspecified atom stereocenters. The first kappa shape index (κ1) is 23.0. The summed E-state index contributed by atoms with van der Waals surface area (Å²) >= 11 is 0. The number of carbonyl (C=O) groups is 2. The summed E-state index contributed by atoms with van der Waals surface area (Å²) in [5.41, 5.74) is 3.50. The maximum Gasteiger partial charge on any atom is 0.258 e. The van der Waals surface area contributed by atoms with E-state index >= 15 is 0 Å². The fourth-order valence-corrected chi connectivity index (χ4v) is 3.96. The van der Waals surface area contributed by atoms with E-state index in [4.69, 9.17) is 5.26 Å². The summed E-state index contributed by atoms with van der Waals surface area (Å²) in [6, 6.07) is 20.7. The summed E-state index contributed by atoms with van der Waals surface area (Å²) < 4.78 is 14.1. The second-order valence-corrected chi connectivity index (χ2v) is 8.14. The Labute approximate surface area is 198 Å². The minimum atomic E-state index is -0.734. The van der Waals surface area contributed by atoms with Crippen LogP contribution >= 0.6 is 0 Å². The van der Waals surface area contributed by atoms with Crippen LogP contribution in [0.4, 0.5) is 15.8 Å². The SMILES string of the molecule is CCc1ccc(C(=O)N2CCN(c3ccc(NC(=O)c4ccc(C#N)cc4F)cc3)CC2)cc1. The van der Waals surface area contributed by atoms with Gasteiger partial charge in [0.25, 0.3) is 11.8 Å². The van der Waals surface area contributed by atoms with Crippen LogP contribution in [0.1, 0.15) is 38.8 Å². The van der Waals surface area contributed by atoms with Crippen molar-refractivity contribution in [2.75, 3.05) is 36.4 Å². The van der Waals surface area contributed by atoms with Gasteiger partial charge >= 0.3 is 0 Å². The van der Waals surface area contributed by atoms with Crippen molar-refractivity contribution in [3.05, 3.63) is 94.8 Å². The lowest BCUT2D eigenvalue weighted by Gasteiger charge is -2.36. The van der Waals surface area contributed by atoms with Gasteiger partial charge in [-0.05, 0) is 66.6 Å². The van der Waals surface area contributed by atoms with Crippen molar-refractivity contribution in [2.24, 2.45) is 0 Å². The first-order valence-corrected chi connectivity index (χ1v) is 11.2. The number of piperazine rings is 1. The van der Waals surface area contributed by atoms with Crippen LogP contribution in [0, 0.1) is 17.1 Å². The first-order chi connectivity index (χ1) is 16.5. The Hall–Kier alpha value is -4.18. The van der Waals surface area contributed by atoms with E-state index in [9.17, 15) is 14.0 Å². The number of amides is 2. The van der Waals surface area contributed by atoms with Gasteiger partial charge in [0.05, 0.1) is 17.2 Å². The number of halogens is 1. The van der Waals surface area contributed by atoms with Crippen molar-refractivity contribution in [2.45, 2.75) is 13.3 Å². The average molecular weight is 457 g/mol. The standard InChI is InChI=1S/C27H25FN4O2/c1-2-19-3-6-21(7-4-19)27(34)32-15-13-31(14-16-32)23-10-8-22(9-11-23)30-26(33)24-12-5-20(18-29)17-25(24)28/h3-12,17H,2,13-16H2,1H3,(H,30,33). The largest absolute Gasteiger partial charge is 0.368 e. The summed E-state index contributed by atoms with van der Waals surface area (Å²) in [4.78, 5) is 29.2. The van der Waals surface area contributed by atoms with Crippen LogP contribution in [-0.4, -0.2) is 42.9 Å². The predicted molar refractivity (Wildman–Crippen MR) is 129 cm³/mol. The molecular formula is C27H25FN4O2. The Balaban J connectivity index is 1.33. The molecule has 1 N–H and O–H groups in total. The molecule has 1 aliphatic heterocycles. The molecule has 0 aliphatic carbocycles. The number of nitrogens with zero attached hydrogens (tertiary/aromatic N) is 3. The second kappa shape index (κ2) is 10.2. The maximum absolute atomic E-state index is 14.1. The number of benzene rings is 3. The number of carbonyl (C=O) groups excluding carboxylic acids is 2. The highest BCUT2D eigenvalue weighted by Gasteiger charge is 2.22. The molecule has 0 spiro atoms. The molecule has 7 heteroatoms. The van der Waals surface area contributed by atoms with Gasteiger partial charge in [0.1, 0.15) is 5.82 Å². The fraction of sp³-hybridized carbons (Fsp3) is 0.222. The van der Waals surface area contributed by atoms with Crippen molar-refractivity contribution in [1.29, 1.82) is 5.26 Å². The number of nitrogens with one attached hydrogen (secondary N) is 1. The molecule has 0 radical (unpaired) electrons. The second-order valence-electron chi connectivity index (χ2n) is 8.14. The Morgan fingerprint density at radius 2 is 1.65 bits per heavy atom. The highest BCUT2D eigenvalue weighted by molar-refractivity contribution is 6.04. The molecule has 1 saturated heterocycles. The first-order valence-electron chi connectivity index (χ1n) is 11.2. The third-order valence-electron chi connectivity index (χ3n) is 6.01. The van der Waals surface area contributed by atoms with E-state index in [1.165, 1.54) is 17.7 Å². The van der Waals surface area contributed by atoms with Gasteiger partial charge in [0, 0.05) is 43.1 Å². The van der Waals surface area contributed by atoms with Gasteiger partial charge in [-0.3, -0.25) is 9.59 Å². The third kappa shape index (κ3) is 5.07. The molecule has 0 atom stereocenters. The van der Waals surface area contributed by atoms with Crippen LogP contribution in [0.2, 0.25) is 0 Å². The van der Waals surface area contributed by atoms with Crippen molar-refractivity contribution in [1.82, 2.24) is 4.90 Å². The topological polar surface area (TPSA) is 76.4 Å². The van der Waals surface area contributed by atoms with Gasteiger partial charge in [-0.2, -0.15) is 5.26 Å². The molecule has 172 valence electrons. The van der Waals surface area contributed by atoms with Gasteiger partial charge in [-0.15, -0.1) is 0 Å². The zero-order valence-electron chi connectivity index (χ0n) is 18.9. The molecule has 2 amide bonds. The highest BCUT2D eigenvalue weighted by Crippen LogP contribution is 2.21. The molecule has 6 nitrogen and oxygen atoms in total. The molecule has 0 aromatic heterocycles. The number of rotatable bonds is 5. The van der Waals surface area contributed by atoms with E-state index in [0.29, 0.717) is 37.4 Å². The molecule has 34 heavy (non-hydrogen) atoms. The molecule has 1 aliphatic rings. The Kier molecular flexibility index (Phi) is 6.88. The molecule has 1 fully saturated rings. The molecule has 1 heterocycles. The van der Waals surface area contributed by atoms with E-state index < -0.39 is 11.7 Å². The lowest BCUT2D eigenvalue weighted by atomic mass is 10.1. The predicted octanol–water partition coefficient (Wildman–Crippen LogP) is 4.47.